The van der Waals surface area contributed by atoms with Crippen molar-refractivity contribution < 1.29 is 23.4 Å². The van der Waals surface area contributed by atoms with Crippen molar-refractivity contribution in [3.05, 3.63) is 71.3 Å². The molecule has 27 heavy (non-hydrogen) atoms. The highest BCUT2D eigenvalue weighted by molar-refractivity contribution is 7.89. The molecule has 1 saturated heterocycles. The Balaban J connectivity index is 1.77. The zero-order valence-corrected chi connectivity index (χ0v) is 16.0. The summed E-state index contributed by atoms with van der Waals surface area (Å²) in [5.41, 5.74) is 2.81. The molecule has 0 aromatic heterocycles. The first kappa shape index (κ1) is 20.0. The number of hydrogen-bond acceptors (Lipinski definition) is 5. The first-order valence-corrected chi connectivity index (χ1v) is 10.5. The van der Waals surface area contributed by atoms with Crippen LogP contribution < -0.4 is 0 Å². The second-order valence-corrected chi connectivity index (χ2v) is 8.91. The van der Waals surface area contributed by atoms with Crippen molar-refractivity contribution in [3.63, 3.8) is 0 Å². The minimum atomic E-state index is -3.72. The molecule has 0 saturated carbocycles. The molecule has 0 unspecified atom stereocenters. The summed E-state index contributed by atoms with van der Waals surface area (Å²) in [7, 11) is -3.72. The van der Waals surface area contributed by atoms with Gasteiger partial charge < -0.3 is 14.9 Å². The number of aliphatic hydroxyl groups is 2. The Labute approximate surface area is 160 Å². The third-order valence-electron chi connectivity index (χ3n) is 4.72. The summed E-state index contributed by atoms with van der Waals surface area (Å²) in [5, 5.41) is 20.5. The quantitative estimate of drug-likeness (QED) is 0.778. The lowest BCUT2D eigenvalue weighted by Gasteiger charge is -2.40. The maximum absolute atomic E-state index is 12.7. The summed E-state index contributed by atoms with van der Waals surface area (Å²) < 4.78 is 32.3. The molecular weight excluding hydrogens is 366 g/mol. The molecule has 6 nitrogen and oxygen atoms in total. The van der Waals surface area contributed by atoms with Gasteiger partial charge in [0.15, 0.2) is 0 Å². The van der Waals surface area contributed by atoms with E-state index in [1.54, 1.807) is 0 Å². The predicted molar refractivity (Wildman–Crippen MR) is 102 cm³/mol. The summed E-state index contributed by atoms with van der Waals surface area (Å²) >= 11 is 0. The van der Waals surface area contributed by atoms with E-state index in [0.717, 1.165) is 16.7 Å². The molecule has 146 valence electrons. The molecule has 0 spiro atoms. The molecule has 0 radical (unpaired) electrons. The molecule has 1 fully saturated rings. The van der Waals surface area contributed by atoms with Crippen molar-refractivity contribution in [3.8, 4) is 0 Å². The molecule has 7 heteroatoms. The van der Waals surface area contributed by atoms with E-state index in [2.05, 4.69) is 0 Å². The molecule has 0 bridgehead atoms. The highest BCUT2D eigenvalue weighted by Crippen LogP contribution is 2.25. The maximum Gasteiger partial charge on any atom is 0.217 e. The number of aryl methyl sites for hydroxylation is 1. The number of benzene rings is 2. The fraction of sp³-hybridized carbons (Fsp3) is 0.400. The molecule has 2 aromatic rings. The minimum Gasteiger partial charge on any atom is -0.389 e. The van der Waals surface area contributed by atoms with Gasteiger partial charge in [0.05, 0.1) is 37.2 Å². The molecule has 1 aliphatic rings. The number of aliphatic hydroxyl groups excluding tert-OH is 2. The van der Waals surface area contributed by atoms with Gasteiger partial charge in [0.1, 0.15) is 0 Å². The zero-order chi connectivity index (χ0) is 19.4. The first-order chi connectivity index (χ1) is 12.9. The second kappa shape index (κ2) is 8.50. The van der Waals surface area contributed by atoms with Crippen LogP contribution in [0, 0.1) is 6.92 Å². The Morgan fingerprint density at radius 3 is 2.48 bits per heavy atom. The van der Waals surface area contributed by atoms with Crippen LogP contribution in [0.2, 0.25) is 0 Å². The Bertz CT molecular complexity index is 856. The van der Waals surface area contributed by atoms with Gasteiger partial charge in [-0.15, -0.1) is 0 Å². The Morgan fingerprint density at radius 2 is 1.78 bits per heavy atom. The molecule has 0 amide bonds. The SMILES string of the molecule is Cc1cccc(CN2[C@H](COCc3ccccc3)[C@@H](O)[C@H](O)CS2(=O)=O)c1. The van der Waals surface area contributed by atoms with Crippen LogP contribution in [0.25, 0.3) is 0 Å². The van der Waals surface area contributed by atoms with Gasteiger partial charge in [-0.25, -0.2) is 8.42 Å². The van der Waals surface area contributed by atoms with Crippen molar-refractivity contribution in [1.82, 2.24) is 4.31 Å². The highest BCUT2D eigenvalue weighted by Gasteiger charge is 2.45. The van der Waals surface area contributed by atoms with Crippen LogP contribution in [0.4, 0.5) is 0 Å². The van der Waals surface area contributed by atoms with Crippen LogP contribution in [0.15, 0.2) is 54.6 Å². The number of sulfonamides is 1. The van der Waals surface area contributed by atoms with E-state index >= 15 is 0 Å². The van der Waals surface area contributed by atoms with E-state index in [9.17, 15) is 18.6 Å². The van der Waals surface area contributed by atoms with E-state index in [0.29, 0.717) is 6.61 Å². The van der Waals surface area contributed by atoms with Crippen LogP contribution >= 0.6 is 0 Å². The number of rotatable bonds is 6. The Hall–Kier alpha value is -1.77. The van der Waals surface area contributed by atoms with E-state index in [1.165, 1.54) is 4.31 Å². The standard InChI is InChI=1S/C20H25NO5S/c1-15-6-5-9-17(10-15)11-21-18(20(23)19(22)14-27(21,24)25)13-26-12-16-7-3-2-4-8-16/h2-10,18-20,22-23H,11-14H2,1H3/t18-,19-,20-/m1/s1. The lowest BCUT2D eigenvalue weighted by atomic mass is 10.1. The van der Waals surface area contributed by atoms with Gasteiger partial charge in [0, 0.05) is 6.54 Å². The average molecular weight is 391 g/mol. The Kier molecular flexibility index (Phi) is 6.29. The minimum absolute atomic E-state index is 0.00182. The second-order valence-electron chi connectivity index (χ2n) is 6.94. The normalized spacial score (nSPS) is 25.4. The third kappa shape index (κ3) is 4.94. The van der Waals surface area contributed by atoms with Crippen LogP contribution in [-0.4, -0.2) is 53.5 Å². The number of nitrogens with zero attached hydrogens (tertiary/aromatic N) is 1. The van der Waals surface area contributed by atoms with Crippen molar-refractivity contribution in [2.24, 2.45) is 0 Å². The predicted octanol–water partition coefficient (Wildman–Crippen LogP) is 1.45. The molecule has 2 N–H and O–H groups in total. The molecule has 3 atom stereocenters. The molecular formula is C20H25NO5S. The van der Waals surface area contributed by atoms with Crippen molar-refractivity contribution in [1.29, 1.82) is 0 Å². The number of hydrogen-bond donors (Lipinski definition) is 2. The fourth-order valence-corrected chi connectivity index (χ4v) is 5.07. The Morgan fingerprint density at radius 1 is 1.07 bits per heavy atom. The molecule has 2 aromatic carbocycles. The third-order valence-corrected chi connectivity index (χ3v) is 6.60. The molecule has 1 aliphatic heterocycles. The average Bonchev–Trinajstić information content (AvgIpc) is 2.63. The van der Waals surface area contributed by atoms with Gasteiger partial charge in [-0.1, -0.05) is 60.2 Å². The highest BCUT2D eigenvalue weighted by atomic mass is 32.2. The number of ether oxygens (including phenoxy) is 1. The van der Waals surface area contributed by atoms with Gasteiger partial charge in [-0.3, -0.25) is 0 Å². The molecule has 0 aliphatic carbocycles. The van der Waals surface area contributed by atoms with E-state index in [4.69, 9.17) is 4.74 Å². The lowest BCUT2D eigenvalue weighted by Crippen LogP contribution is -2.60. The van der Waals surface area contributed by atoms with Crippen molar-refractivity contribution in [2.75, 3.05) is 12.4 Å². The summed E-state index contributed by atoms with van der Waals surface area (Å²) in [4.78, 5) is 0. The van der Waals surface area contributed by atoms with Crippen LogP contribution in [0.5, 0.6) is 0 Å². The lowest BCUT2D eigenvalue weighted by molar-refractivity contribution is -0.0530. The van der Waals surface area contributed by atoms with Crippen LogP contribution in [0.3, 0.4) is 0 Å². The monoisotopic (exact) mass is 391 g/mol. The van der Waals surface area contributed by atoms with Crippen molar-refractivity contribution in [2.45, 2.75) is 38.3 Å². The largest absolute Gasteiger partial charge is 0.389 e. The van der Waals surface area contributed by atoms with E-state index in [1.807, 2.05) is 61.5 Å². The smallest absolute Gasteiger partial charge is 0.217 e. The summed E-state index contributed by atoms with van der Waals surface area (Å²) in [5.74, 6) is -0.491. The molecule has 3 rings (SSSR count). The van der Waals surface area contributed by atoms with E-state index < -0.39 is 34.0 Å². The summed E-state index contributed by atoms with van der Waals surface area (Å²) in [6.45, 7) is 2.37. The van der Waals surface area contributed by atoms with Gasteiger partial charge in [0.25, 0.3) is 0 Å². The summed E-state index contributed by atoms with van der Waals surface area (Å²) in [6, 6.07) is 16.2. The van der Waals surface area contributed by atoms with Crippen LogP contribution in [0.1, 0.15) is 16.7 Å². The van der Waals surface area contributed by atoms with E-state index in [-0.39, 0.29) is 13.2 Å². The first-order valence-electron chi connectivity index (χ1n) is 8.90. The summed E-state index contributed by atoms with van der Waals surface area (Å²) in [6.07, 6.45) is -2.52. The van der Waals surface area contributed by atoms with Crippen LogP contribution in [-0.2, 0) is 27.9 Å². The van der Waals surface area contributed by atoms with Gasteiger partial charge >= 0.3 is 0 Å². The maximum atomic E-state index is 12.7. The zero-order valence-electron chi connectivity index (χ0n) is 15.2. The van der Waals surface area contributed by atoms with Gasteiger partial charge in [0.2, 0.25) is 10.0 Å². The van der Waals surface area contributed by atoms with Gasteiger partial charge in [-0.2, -0.15) is 4.31 Å². The topological polar surface area (TPSA) is 87.1 Å². The van der Waals surface area contributed by atoms with Crippen molar-refractivity contribution >= 4 is 10.0 Å². The fourth-order valence-electron chi connectivity index (χ4n) is 3.30. The molecule has 1 heterocycles. The van der Waals surface area contributed by atoms with Gasteiger partial charge in [-0.05, 0) is 18.1 Å².